The predicted molar refractivity (Wildman–Crippen MR) is 167 cm³/mol. The monoisotopic (exact) mass is 617 g/mol. The first-order chi connectivity index (χ1) is 20.7. The van der Waals surface area contributed by atoms with Crippen LogP contribution in [0.15, 0.2) is 36.4 Å². The van der Waals surface area contributed by atoms with E-state index in [2.05, 4.69) is 10.6 Å². The van der Waals surface area contributed by atoms with E-state index in [1.54, 1.807) is 37.8 Å². The van der Waals surface area contributed by atoms with Crippen molar-refractivity contribution >= 4 is 17.7 Å². The van der Waals surface area contributed by atoms with Crippen molar-refractivity contribution in [1.29, 1.82) is 0 Å². The number of rotatable bonds is 16. The first kappa shape index (κ1) is 36.8. The second-order valence-corrected chi connectivity index (χ2v) is 12.3. The van der Waals surface area contributed by atoms with Crippen LogP contribution in [0.2, 0.25) is 0 Å². The number of amides is 3. The number of halogens is 2. The second kappa shape index (κ2) is 17.2. The quantitative estimate of drug-likeness (QED) is 0.219. The Kier molecular flexibility index (Phi) is 14.4. The normalized spacial score (nSPS) is 14.2. The average molecular weight is 618 g/mol. The van der Waals surface area contributed by atoms with Gasteiger partial charge in [-0.25, -0.2) is 8.78 Å². The van der Waals surface area contributed by atoms with E-state index in [0.717, 1.165) is 25.0 Å². The Bertz CT molecular complexity index is 1240. The molecule has 2 aromatic carbocycles. The molecule has 0 aliphatic heterocycles. The van der Waals surface area contributed by atoms with Crippen LogP contribution in [0.5, 0.6) is 0 Å². The lowest BCUT2D eigenvalue weighted by molar-refractivity contribution is -0.135. The summed E-state index contributed by atoms with van der Waals surface area (Å²) in [4.78, 5) is 41.7. The molecule has 0 aliphatic rings. The van der Waals surface area contributed by atoms with Gasteiger partial charge in [0.05, 0.1) is 18.1 Å². The molecule has 44 heavy (non-hydrogen) atoms. The Balaban J connectivity index is 2.46. The van der Waals surface area contributed by atoms with Crippen LogP contribution in [0.4, 0.5) is 8.78 Å². The first-order valence-electron chi connectivity index (χ1n) is 15.5. The minimum Gasteiger partial charge on any atom is -0.390 e. The number of carbonyl (C=O) groups excluding carboxylic acids is 3. The number of hydrogen-bond donors (Lipinski definition) is 4. The van der Waals surface area contributed by atoms with Gasteiger partial charge in [-0.3, -0.25) is 14.4 Å². The van der Waals surface area contributed by atoms with Crippen molar-refractivity contribution in [2.24, 2.45) is 17.8 Å². The lowest BCUT2D eigenvalue weighted by Crippen LogP contribution is -2.55. The molecule has 10 heteroatoms. The van der Waals surface area contributed by atoms with E-state index in [-0.39, 0.29) is 35.3 Å². The topological polar surface area (TPSA) is 119 Å². The van der Waals surface area contributed by atoms with Gasteiger partial charge in [-0.1, -0.05) is 41.5 Å². The van der Waals surface area contributed by atoms with Crippen LogP contribution in [-0.4, -0.2) is 70.7 Å². The zero-order valence-electron chi connectivity index (χ0n) is 27.0. The molecule has 4 atom stereocenters. The van der Waals surface area contributed by atoms with Gasteiger partial charge in [0, 0.05) is 36.8 Å². The molecule has 0 unspecified atom stereocenters. The molecular formula is C34H49F2N3O5. The molecule has 2 aromatic rings. The number of hydrogen-bond acceptors (Lipinski definition) is 5. The molecule has 0 saturated heterocycles. The molecule has 8 nitrogen and oxygen atoms in total. The molecule has 0 spiro atoms. The third kappa shape index (κ3) is 10.7. The number of aliphatic hydroxyl groups excluding tert-OH is 2. The fourth-order valence-electron chi connectivity index (χ4n) is 5.29. The van der Waals surface area contributed by atoms with E-state index in [4.69, 9.17) is 0 Å². The summed E-state index contributed by atoms with van der Waals surface area (Å²) in [5.41, 5.74) is 1.29. The van der Waals surface area contributed by atoms with E-state index < -0.39 is 47.6 Å². The predicted octanol–water partition coefficient (Wildman–Crippen LogP) is 4.64. The highest BCUT2D eigenvalue weighted by molar-refractivity contribution is 6.00. The Morgan fingerprint density at radius 2 is 1.41 bits per heavy atom. The maximum absolute atomic E-state index is 14.1. The standard InChI is InChI=1S/C34H49F2N3O5/c1-8-10-39(11-9-2)34(44)25-13-22(7)12-24(17-25)32(42)38-28(16-23-14-26(35)18-27(36)15-23)30(40)31(41)29(21(5)6)33(43)37-19-20(3)4/h12-15,17-18,20-21,28-31,40-41H,8-11,16,19H2,1-7H3,(H,37,43)(H,38,42)/t28-,29+,30+,31+/m0/s1. The largest absolute Gasteiger partial charge is 0.390 e. The number of aryl methyl sites for hydroxylation is 1. The number of aliphatic hydroxyl groups is 2. The van der Waals surface area contributed by atoms with E-state index >= 15 is 0 Å². The molecular weight excluding hydrogens is 568 g/mol. The summed E-state index contributed by atoms with van der Waals surface area (Å²) < 4.78 is 28.1. The van der Waals surface area contributed by atoms with Gasteiger partial charge in [0.25, 0.3) is 11.8 Å². The fourth-order valence-corrected chi connectivity index (χ4v) is 5.29. The summed E-state index contributed by atoms with van der Waals surface area (Å²) in [5.74, 6) is -4.23. The number of benzene rings is 2. The smallest absolute Gasteiger partial charge is 0.253 e. The number of nitrogens with zero attached hydrogens (tertiary/aromatic N) is 1. The van der Waals surface area contributed by atoms with Crippen molar-refractivity contribution in [3.63, 3.8) is 0 Å². The molecule has 0 heterocycles. The van der Waals surface area contributed by atoms with E-state index in [1.807, 2.05) is 27.7 Å². The molecule has 4 N–H and O–H groups in total. The van der Waals surface area contributed by atoms with Crippen LogP contribution < -0.4 is 10.6 Å². The van der Waals surface area contributed by atoms with E-state index in [9.17, 15) is 33.4 Å². The van der Waals surface area contributed by atoms with Gasteiger partial charge in [-0.05, 0) is 79.5 Å². The van der Waals surface area contributed by atoms with Crippen molar-refractivity contribution in [2.75, 3.05) is 19.6 Å². The molecule has 2 rings (SSSR count). The third-order valence-corrected chi connectivity index (χ3v) is 7.39. The fraction of sp³-hybridized carbons (Fsp3) is 0.559. The lowest BCUT2D eigenvalue weighted by Gasteiger charge is -2.33. The van der Waals surface area contributed by atoms with Gasteiger partial charge in [0.1, 0.15) is 17.7 Å². The summed E-state index contributed by atoms with van der Waals surface area (Å²) in [6.45, 7) is 14.5. The lowest BCUT2D eigenvalue weighted by atomic mass is 9.83. The van der Waals surface area contributed by atoms with Gasteiger partial charge in [-0.2, -0.15) is 0 Å². The maximum Gasteiger partial charge on any atom is 0.253 e. The van der Waals surface area contributed by atoms with E-state index in [0.29, 0.717) is 36.8 Å². The van der Waals surface area contributed by atoms with Gasteiger partial charge in [-0.15, -0.1) is 0 Å². The minimum atomic E-state index is -1.68. The molecule has 0 bridgehead atoms. The summed E-state index contributed by atoms with van der Waals surface area (Å²) in [7, 11) is 0. The average Bonchev–Trinajstić information content (AvgIpc) is 2.93. The Morgan fingerprint density at radius 1 is 0.841 bits per heavy atom. The summed E-state index contributed by atoms with van der Waals surface area (Å²) in [5, 5.41) is 28.2. The van der Waals surface area contributed by atoms with Crippen molar-refractivity contribution < 1.29 is 33.4 Å². The molecule has 3 amide bonds. The second-order valence-electron chi connectivity index (χ2n) is 12.3. The number of carbonyl (C=O) groups is 3. The summed E-state index contributed by atoms with van der Waals surface area (Å²) >= 11 is 0. The zero-order valence-corrected chi connectivity index (χ0v) is 27.0. The summed E-state index contributed by atoms with van der Waals surface area (Å²) in [6, 6.07) is 6.39. The Hall–Kier alpha value is -3.37. The van der Waals surface area contributed by atoms with Crippen LogP contribution in [0.1, 0.15) is 86.2 Å². The Labute approximate surface area is 260 Å². The molecule has 0 aliphatic carbocycles. The SMILES string of the molecule is CCCN(CCC)C(=O)c1cc(C)cc(C(=O)N[C@@H](Cc2cc(F)cc(F)c2)[C@@H](O)[C@H](O)[C@H](C(=O)NCC(C)C)C(C)C)c1. The van der Waals surface area contributed by atoms with E-state index in [1.165, 1.54) is 6.07 Å². The van der Waals surface area contributed by atoms with Crippen LogP contribution in [-0.2, 0) is 11.2 Å². The molecule has 0 saturated carbocycles. The highest BCUT2D eigenvalue weighted by Gasteiger charge is 2.39. The maximum atomic E-state index is 14.1. The van der Waals surface area contributed by atoms with Gasteiger partial charge >= 0.3 is 0 Å². The van der Waals surface area contributed by atoms with Crippen LogP contribution in [0.3, 0.4) is 0 Å². The van der Waals surface area contributed by atoms with Crippen molar-refractivity contribution in [3.8, 4) is 0 Å². The minimum absolute atomic E-state index is 0.138. The van der Waals surface area contributed by atoms with Crippen LogP contribution >= 0.6 is 0 Å². The highest BCUT2D eigenvalue weighted by atomic mass is 19.1. The van der Waals surface area contributed by atoms with Gasteiger partial charge in [0.2, 0.25) is 5.91 Å². The van der Waals surface area contributed by atoms with Crippen LogP contribution in [0, 0.1) is 36.3 Å². The first-order valence-corrected chi connectivity index (χ1v) is 15.5. The molecule has 0 aromatic heterocycles. The molecule has 0 radical (unpaired) electrons. The Morgan fingerprint density at radius 3 is 1.93 bits per heavy atom. The highest BCUT2D eigenvalue weighted by Crippen LogP contribution is 2.23. The third-order valence-electron chi connectivity index (χ3n) is 7.39. The summed E-state index contributed by atoms with van der Waals surface area (Å²) in [6.07, 6.45) is -1.98. The van der Waals surface area contributed by atoms with Crippen LogP contribution in [0.25, 0.3) is 0 Å². The van der Waals surface area contributed by atoms with Gasteiger partial charge < -0.3 is 25.7 Å². The van der Waals surface area contributed by atoms with Crippen molar-refractivity contribution in [3.05, 3.63) is 70.3 Å². The van der Waals surface area contributed by atoms with Crippen molar-refractivity contribution in [1.82, 2.24) is 15.5 Å². The van der Waals surface area contributed by atoms with Gasteiger partial charge in [0.15, 0.2) is 0 Å². The zero-order chi connectivity index (χ0) is 33.1. The molecule has 244 valence electrons. The molecule has 0 fully saturated rings. The number of nitrogens with one attached hydrogen (secondary N) is 2. The van der Waals surface area contributed by atoms with Crippen molar-refractivity contribution in [2.45, 2.75) is 86.0 Å².